The fourth-order valence-electron chi connectivity index (χ4n) is 0.263. The van der Waals surface area contributed by atoms with Gasteiger partial charge in [-0.05, 0) is 0 Å². The maximum Gasteiger partial charge on any atom is 0.455 e. The first kappa shape index (κ1) is 6.06. The number of halogens is 3. The highest BCUT2D eigenvalue weighted by Gasteiger charge is 2.36. The minimum Gasteiger partial charge on any atom is -0.328 e. The highest BCUT2D eigenvalue weighted by Crippen LogP contribution is 2.24. The van der Waals surface area contributed by atoms with Gasteiger partial charge >= 0.3 is 12.6 Å². The molecule has 1 radical (unpaired) electrons. The molecule has 0 unspecified atom stereocenters. The van der Waals surface area contributed by atoms with Gasteiger partial charge in [-0.25, -0.2) is 0 Å². The molecule has 3 nitrogen and oxygen atoms in total. The van der Waals surface area contributed by atoms with E-state index in [0.717, 1.165) is 0 Å². The van der Waals surface area contributed by atoms with E-state index < -0.39 is 12.0 Å². The number of rotatable bonds is 0. The second kappa shape index (κ2) is 1.71. The van der Waals surface area contributed by atoms with Gasteiger partial charge in [-0.15, -0.1) is 0 Å². The van der Waals surface area contributed by atoms with Gasteiger partial charge in [0.2, 0.25) is 0 Å². The van der Waals surface area contributed by atoms with E-state index in [1.54, 1.807) is 6.39 Å². The van der Waals surface area contributed by atoms with Crippen LogP contribution >= 0.6 is 0 Å². The SMILES string of the molecule is FC(F)(F)c1n[c]on1. The third-order valence-electron chi connectivity index (χ3n) is 0.578. The van der Waals surface area contributed by atoms with Gasteiger partial charge in [0.1, 0.15) is 0 Å². The first-order valence-electron chi connectivity index (χ1n) is 1.87. The Balaban J connectivity index is 2.90. The molecular weight excluding hydrogens is 137 g/mol. The topological polar surface area (TPSA) is 38.9 Å². The molecule has 0 atom stereocenters. The van der Waals surface area contributed by atoms with E-state index in [9.17, 15) is 13.2 Å². The zero-order chi connectivity index (χ0) is 6.91. The van der Waals surface area contributed by atoms with Crippen molar-refractivity contribution in [2.24, 2.45) is 0 Å². The van der Waals surface area contributed by atoms with Gasteiger partial charge in [0.15, 0.2) is 0 Å². The zero-order valence-corrected chi connectivity index (χ0v) is 3.94. The lowest BCUT2D eigenvalue weighted by Gasteiger charge is -1.95. The van der Waals surface area contributed by atoms with Crippen LogP contribution in [0.3, 0.4) is 0 Å². The smallest absolute Gasteiger partial charge is 0.328 e. The van der Waals surface area contributed by atoms with Crippen LogP contribution in [0.4, 0.5) is 13.2 Å². The summed E-state index contributed by atoms with van der Waals surface area (Å²) >= 11 is 0. The third kappa shape index (κ3) is 1.18. The number of alkyl halides is 3. The summed E-state index contributed by atoms with van der Waals surface area (Å²) in [5.41, 5.74) is 0. The van der Waals surface area contributed by atoms with E-state index >= 15 is 0 Å². The Morgan fingerprint density at radius 3 is 2.33 bits per heavy atom. The van der Waals surface area contributed by atoms with E-state index in [1.807, 2.05) is 0 Å². The lowest BCUT2D eigenvalue weighted by atomic mass is 10.6. The normalized spacial score (nSPS) is 11.9. The molecule has 0 saturated heterocycles. The van der Waals surface area contributed by atoms with E-state index in [0.29, 0.717) is 0 Å². The Hall–Kier alpha value is -1.07. The minimum absolute atomic E-state index is 1.30. The minimum atomic E-state index is -4.52. The predicted molar refractivity (Wildman–Crippen MR) is 18.1 cm³/mol. The van der Waals surface area contributed by atoms with Crippen LogP contribution in [0.25, 0.3) is 0 Å². The molecule has 1 heterocycles. The quantitative estimate of drug-likeness (QED) is 0.532. The van der Waals surface area contributed by atoms with Gasteiger partial charge in [-0.1, -0.05) is 5.16 Å². The first-order valence-corrected chi connectivity index (χ1v) is 1.87. The number of nitrogens with zero attached hydrogens (tertiary/aromatic N) is 2. The van der Waals surface area contributed by atoms with Crippen LogP contribution in [0.2, 0.25) is 0 Å². The molecular formula is C3F3N2O. The van der Waals surface area contributed by atoms with Crippen molar-refractivity contribution >= 4 is 0 Å². The molecule has 0 amide bonds. The van der Waals surface area contributed by atoms with Crippen molar-refractivity contribution in [3.63, 3.8) is 0 Å². The molecule has 0 aliphatic carbocycles. The molecule has 9 heavy (non-hydrogen) atoms. The lowest BCUT2D eigenvalue weighted by molar-refractivity contribution is -0.146. The van der Waals surface area contributed by atoms with Gasteiger partial charge in [0, 0.05) is 0 Å². The van der Waals surface area contributed by atoms with Gasteiger partial charge < -0.3 is 4.52 Å². The number of hydrogen-bond donors (Lipinski definition) is 0. The summed E-state index contributed by atoms with van der Waals surface area (Å²) in [6.07, 6.45) is -2.94. The molecule has 0 fully saturated rings. The Kier molecular flexibility index (Phi) is 1.15. The lowest BCUT2D eigenvalue weighted by Crippen LogP contribution is -2.06. The van der Waals surface area contributed by atoms with Crippen molar-refractivity contribution < 1.29 is 17.7 Å². The summed E-state index contributed by atoms with van der Waals surface area (Å²) in [4.78, 5) is 2.66. The second-order valence-corrected chi connectivity index (χ2v) is 1.21. The molecule has 1 rings (SSSR count). The Morgan fingerprint density at radius 2 is 2.11 bits per heavy atom. The Labute approximate surface area is 47.5 Å². The molecule has 6 heteroatoms. The molecule has 0 saturated carbocycles. The summed E-state index contributed by atoms with van der Waals surface area (Å²) in [6.45, 7) is 0. The van der Waals surface area contributed by atoms with Crippen LogP contribution in [0.5, 0.6) is 0 Å². The molecule has 0 N–H and O–H groups in total. The van der Waals surface area contributed by atoms with E-state index in [-0.39, 0.29) is 0 Å². The predicted octanol–water partition coefficient (Wildman–Crippen LogP) is 0.889. The summed E-state index contributed by atoms with van der Waals surface area (Å²) in [7, 11) is 0. The average molecular weight is 137 g/mol. The summed E-state index contributed by atoms with van der Waals surface area (Å²) in [5, 5.41) is 2.52. The second-order valence-electron chi connectivity index (χ2n) is 1.21. The van der Waals surface area contributed by atoms with Crippen molar-refractivity contribution in [3.8, 4) is 0 Å². The van der Waals surface area contributed by atoms with Crippen LogP contribution in [-0.2, 0) is 6.18 Å². The van der Waals surface area contributed by atoms with Crippen molar-refractivity contribution in [2.75, 3.05) is 0 Å². The Bertz CT molecular complexity index is 179. The highest BCUT2D eigenvalue weighted by molar-refractivity contribution is 4.82. The van der Waals surface area contributed by atoms with Crippen molar-refractivity contribution in [1.82, 2.24) is 10.1 Å². The molecule has 49 valence electrons. The molecule has 0 aromatic carbocycles. The third-order valence-corrected chi connectivity index (χ3v) is 0.578. The summed E-state index contributed by atoms with van der Waals surface area (Å²) in [6, 6.07) is 0. The van der Waals surface area contributed by atoms with E-state index in [2.05, 4.69) is 14.7 Å². The van der Waals surface area contributed by atoms with Gasteiger partial charge in [-0.3, -0.25) is 0 Å². The standard InChI is InChI=1S/C3F3N2O/c4-3(5,6)2-7-1-9-8-2. The zero-order valence-electron chi connectivity index (χ0n) is 3.94. The average Bonchev–Trinajstić information content (AvgIpc) is 2.08. The van der Waals surface area contributed by atoms with Crippen molar-refractivity contribution in [3.05, 3.63) is 12.2 Å². The maximum absolute atomic E-state index is 11.4. The fraction of sp³-hybridized carbons (Fsp3) is 0.333. The van der Waals surface area contributed by atoms with Crippen molar-refractivity contribution in [2.45, 2.75) is 6.18 Å². The van der Waals surface area contributed by atoms with Crippen molar-refractivity contribution in [1.29, 1.82) is 0 Å². The first-order chi connectivity index (χ1) is 4.11. The van der Waals surface area contributed by atoms with E-state index in [4.69, 9.17) is 0 Å². The maximum atomic E-state index is 11.4. The molecule has 0 bridgehead atoms. The van der Waals surface area contributed by atoms with Crippen LogP contribution in [0, 0.1) is 6.39 Å². The van der Waals surface area contributed by atoms with Crippen LogP contribution < -0.4 is 0 Å². The van der Waals surface area contributed by atoms with Gasteiger partial charge in [0.05, 0.1) is 0 Å². The number of aromatic nitrogens is 2. The van der Waals surface area contributed by atoms with E-state index in [1.165, 1.54) is 0 Å². The van der Waals surface area contributed by atoms with Gasteiger partial charge in [-0.2, -0.15) is 18.2 Å². The van der Waals surface area contributed by atoms with Crippen LogP contribution in [0.15, 0.2) is 4.52 Å². The highest BCUT2D eigenvalue weighted by atomic mass is 19.4. The molecule has 0 aliphatic heterocycles. The monoisotopic (exact) mass is 137 g/mol. The fourth-order valence-corrected chi connectivity index (χ4v) is 0.263. The summed E-state index contributed by atoms with van der Waals surface area (Å²) in [5.74, 6) is -1.30. The largest absolute Gasteiger partial charge is 0.455 e. The van der Waals surface area contributed by atoms with Gasteiger partial charge in [0.25, 0.3) is 5.82 Å². The summed E-state index contributed by atoms with van der Waals surface area (Å²) < 4.78 is 38.0. The van der Waals surface area contributed by atoms with Crippen LogP contribution in [0.1, 0.15) is 5.82 Å². The molecule has 0 spiro atoms. The molecule has 1 aromatic heterocycles. The Morgan fingerprint density at radius 1 is 1.44 bits per heavy atom. The molecule has 1 aromatic rings. The molecule has 0 aliphatic rings. The number of hydrogen-bond acceptors (Lipinski definition) is 3. The van der Waals surface area contributed by atoms with Crippen LogP contribution in [-0.4, -0.2) is 10.1 Å².